The summed E-state index contributed by atoms with van der Waals surface area (Å²) >= 11 is 5.76. The summed E-state index contributed by atoms with van der Waals surface area (Å²) in [6.45, 7) is 1.98. The number of halogens is 1. The van der Waals surface area contributed by atoms with E-state index in [9.17, 15) is 14.9 Å². The van der Waals surface area contributed by atoms with Crippen LogP contribution in [0.3, 0.4) is 0 Å². The number of ether oxygens (including phenoxy) is 1. The molecule has 1 heterocycles. The van der Waals surface area contributed by atoms with Crippen LogP contribution in [0.25, 0.3) is 0 Å². The number of pyridine rings is 1. The summed E-state index contributed by atoms with van der Waals surface area (Å²) in [5.41, 5.74) is -0.0289. The van der Waals surface area contributed by atoms with E-state index in [1.54, 1.807) is 24.3 Å². The molecule has 0 aliphatic carbocycles. The molecule has 1 aromatic carbocycles. The monoisotopic (exact) mass is 308 g/mol. The molecule has 0 saturated heterocycles. The summed E-state index contributed by atoms with van der Waals surface area (Å²) in [6.07, 6.45) is 1.24. The lowest BCUT2D eigenvalue weighted by Crippen LogP contribution is -2.23. The Morgan fingerprint density at radius 1 is 1.33 bits per heavy atom. The molecule has 0 unspecified atom stereocenters. The molecule has 2 aromatic rings. The summed E-state index contributed by atoms with van der Waals surface area (Å²) in [6, 6.07) is 8.06. The molecule has 0 atom stereocenters. The maximum Gasteiger partial charge on any atom is 0.288 e. The highest BCUT2D eigenvalue weighted by molar-refractivity contribution is 6.30. The normalized spacial score (nSPS) is 10.4. The van der Waals surface area contributed by atoms with Crippen LogP contribution in [0.4, 0.5) is 5.69 Å². The average Bonchev–Trinajstić information content (AvgIpc) is 2.43. The summed E-state index contributed by atoms with van der Waals surface area (Å²) in [4.78, 5) is 22.1. The van der Waals surface area contributed by atoms with Crippen LogP contribution in [0.15, 0.2) is 41.3 Å². The van der Waals surface area contributed by atoms with E-state index in [-0.39, 0.29) is 24.4 Å². The van der Waals surface area contributed by atoms with Crippen LogP contribution in [0.2, 0.25) is 5.02 Å². The van der Waals surface area contributed by atoms with Gasteiger partial charge in [-0.1, -0.05) is 11.6 Å². The van der Waals surface area contributed by atoms with Crippen LogP contribution in [-0.4, -0.2) is 16.1 Å². The highest BCUT2D eigenvalue weighted by Gasteiger charge is 2.13. The molecule has 0 fully saturated rings. The quantitative estimate of drug-likeness (QED) is 0.629. The topological polar surface area (TPSA) is 74.4 Å². The molecule has 0 saturated carbocycles. The lowest BCUT2D eigenvalue weighted by atomic mass is 10.2. The highest BCUT2D eigenvalue weighted by atomic mass is 35.5. The predicted octanol–water partition coefficient (Wildman–Crippen LogP) is 2.80. The molecule has 2 rings (SSSR count). The molecule has 6 nitrogen and oxygen atoms in total. The van der Waals surface area contributed by atoms with Gasteiger partial charge in [-0.05, 0) is 31.2 Å². The Bertz CT molecular complexity index is 710. The second-order valence-corrected chi connectivity index (χ2v) is 4.87. The van der Waals surface area contributed by atoms with Gasteiger partial charge in [-0.2, -0.15) is 0 Å². The Balaban J connectivity index is 2.06. The zero-order valence-electron chi connectivity index (χ0n) is 11.3. The highest BCUT2D eigenvalue weighted by Crippen LogP contribution is 2.16. The molecule has 0 amide bonds. The molecule has 110 valence electrons. The van der Waals surface area contributed by atoms with Crippen molar-refractivity contribution in [2.24, 2.45) is 0 Å². The minimum absolute atomic E-state index is 0.0823. The first kappa shape index (κ1) is 15.1. The van der Waals surface area contributed by atoms with Gasteiger partial charge in [0.2, 0.25) is 0 Å². The van der Waals surface area contributed by atoms with Crippen molar-refractivity contribution in [3.8, 4) is 5.75 Å². The molecule has 1 aromatic heterocycles. The smallest absolute Gasteiger partial charge is 0.288 e. The van der Waals surface area contributed by atoms with E-state index in [1.165, 1.54) is 23.8 Å². The van der Waals surface area contributed by atoms with Crippen LogP contribution < -0.4 is 10.3 Å². The molecular formula is C14H13ClN2O4. The van der Waals surface area contributed by atoms with Gasteiger partial charge in [-0.25, -0.2) is 0 Å². The van der Waals surface area contributed by atoms with Gasteiger partial charge in [0.05, 0.1) is 17.7 Å². The van der Waals surface area contributed by atoms with Crippen molar-refractivity contribution >= 4 is 17.3 Å². The summed E-state index contributed by atoms with van der Waals surface area (Å²) < 4.78 is 6.73. The zero-order valence-corrected chi connectivity index (χ0v) is 12.0. The van der Waals surface area contributed by atoms with Gasteiger partial charge in [0.15, 0.2) is 0 Å². The van der Waals surface area contributed by atoms with Crippen LogP contribution in [0, 0.1) is 17.0 Å². The maximum atomic E-state index is 11.8. The Morgan fingerprint density at radius 2 is 2.00 bits per heavy atom. The second-order valence-electron chi connectivity index (χ2n) is 4.43. The minimum Gasteiger partial charge on any atom is -0.492 e. The predicted molar refractivity (Wildman–Crippen MR) is 79.0 cm³/mol. The van der Waals surface area contributed by atoms with Crippen molar-refractivity contribution in [2.75, 3.05) is 6.61 Å². The number of nitro groups is 1. The molecule has 0 aliphatic heterocycles. The number of benzene rings is 1. The van der Waals surface area contributed by atoms with E-state index in [1.807, 2.05) is 0 Å². The van der Waals surface area contributed by atoms with E-state index in [4.69, 9.17) is 16.3 Å². The standard InChI is InChI=1S/C14H13ClN2O4/c1-10-8-14(18)16(9-13(10)17(19)20)6-7-21-12-4-2-11(15)3-5-12/h2-5,8-9H,6-7H2,1H3. The number of nitrogens with zero attached hydrogens (tertiary/aromatic N) is 2. The molecule has 0 bridgehead atoms. The van der Waals surface area contributed by atoms with Gasteiger partial charge in [0.1, 0.15) is 12.4 Å². The average molecular weight is 309 g/mol. The van der Waals surface area contributed by atoms with E-state index in [0.29, 0.717) is 16.3 Å². The second kappa shape index (κ2) is 6.41. The van der Waals surface area contributed by atoms with Gasteiger partial charge in [0, 0.05) is 16.7 Å². The van der Waals surface area contributed by atoms with Gasteiger partial charge in [-0.3, -0.25) is 14.9 Å². The van der Waals surface area contributed by atoms with Crippen molar-refractivity contribution < 1.29 is 9.66 Å². The first-order chi connectivity index (χ1) is 9.97. The number of aryl methyl sites for hydroxylation is 1. The van der Waals surface area contributed by atoms with Gasteiger partial charge in [-0.15, -0.1) is 0 Å². The Kier molecular flexibility index (Phi) is 4.59. The molecule has 7 heteroatoms. The molecule has 21 heavy (non-hydrogen) atoms. The van der Waals surface area contributed by atoms with E-state index in [2.05, 4.69) is 0 Å². The fourth-order valence-electron chi connectivity index (χ4n) is 1.81. The van der Waals surface area contributed by atoms with E-state index >= 15 is 0 Å². The Hall–Kier alpha value is -2.34. The Morgan fingerprint density at radius 3 is 2.62 bits per heavy atom. The van der Waals surface area contributed by atoms with E-state index < -0.39 is 4.92 Å². The van der Waals surface area contributed by atoms with Crippen molar-refractivity contribution in [3.05, 3.63) is 67.6 Å². The van der Waals surface area contributed by atoms with Crippen molar-refractivity contribution in [2.45, 2.75) is 13.5 Å². The van der Waals surface area contributed by atoms with Gasteiger partial charge in [0.25, 0.3) is 11.2 Å². The van der Waals surface area contributed by atoms with Crippen molar-refractivity contribution in [3.63, 3.8) is 0 Å². The van der Waals surface area contributed by atoms with Gasteiger partial charge >= 0.3 is 0 Å². The third kappa shape index (κ3) is 3.82. The Labute approximate surface area is 125 Å². The summed E-state index contributed by atoms with van der Waals surface area (Å²) in [5, 5.41) is 11.5. The van der Waals surface area contributed by atoms with Crippen LogP contribution in [0.1, 0.15) is 5.56 Å². The summed E-state index contributed by atoms with van der Waals surface area (Å²) in [5.74, 6) is 0.620. The van der Waals surface area contributed by atoms with Crippen molar-refractivity contribution in [1.29, 1.82) is 0 Å². The van der Waals surface area contributed by atoms with Crippen LogP contribution in [0.5, 0.6) is 5.75 Å². The minimum atomic E-state index is -0.509. The lowest BCUT2D eigenvalue weighted by Gasteiger charge is -2.09. The zero-order chi connectivity index (χ0) is 15.4. The van der Waals surface area contributed by atoms with Crippen LogP contribution in [-0.2, 0) is 6.54 Å². The first-order valence-electron chi connectivity index (χ1n) is 6.21. The van der Waals surface area contributed by atoms with E-state index in [0.717, 1.165) is 0 Å². The lowest BCUT2D eigenvalue weighted by molar-refractivity contribution is -0.385. The van der Waals surface area contributed by atoms with Crippen molar-refractivity contribution in [1.82, 2.24) is 4.57 Å². The molecule has 0 radical (unpaired) electrons. The number of aromatic nitrogens is 1. The molecule has 0 N–H and O–H groups in total. The summed E-state index contributed by atoms with van der Waals surface area (Å²) in [7, 11) is 0. The largest absolute Gasteiger partial charge is 0.492 e. The third-order valence-corrected chi connectivity index (χ3v) is 3.17. The van der Waals surface area contributed by atoms with Gasteiger partial charge < -0.3 is 9.30 Å². The molecule has 0 spiro atoms. The fraction of sp³-hybridized carbons (Fsp3) is 0.214. The molecule has 0 aliphatic rings. The SMILES string of the molecule is Cc1cc(=O)n(CCOc2ccc(Cl)cc2)cc1[N+](=O)[O-]. The fourth-order valence-corrected chi connectivity index (χ4v) is 1.94. The number of hydrogen-bond acceptors (Lipinski definition) is 4. The maximum absolute atomic E-state index is 11.8. The third-order valence-electron chi connectivity index (χ3n) is 2.92. The van der Waals surface area contributed by atoms with Crippen LogP contribution >= 0.6 is 11.6 Å². The first-order valence-corrected chi connectivity index (χ1v) is 6.59. The number of rotatable bonds is 5. The number of hydrogen-bond donors (Lipinski definition) is 0. The molecular weight excluding hydrogens is 296 g/mol.